The van der Waals surface area contributed by atoms with E-state index in [9.17, 15) is 24.4 Å². The largest absolute Gasteiger partial charge is 0.469 e. The summed E-state index contributed by atoms with van der Waals surface area (Å²) in [4.78, 5) is 42.3. The lowest BCUT2D eigenvalue weighted by atomic mass is 10.0. The maximum atomic E-state index is 11.8. The minimum absolute atomic E-state index is 0.104. The molecule has 2 heterocycles. The molecule has 1 fully saturated rings. The molecule has 11 nitrogen and oxygen atoms in total. The van der Waals surface area contributed by atoms with Gasteiger partial charge in [0.05, 0.1) is 12.2 Å². The van der Waals surface area contributed by atoms with Gasteiger partial charge in [0.15, 0.2) is 0 Å². The number of rotatable bonds is 4. The Labute approximate surface area is 123 Å². The molecule has 0 aromatic carbocycles. The normalized spacial score (nSPS) is 29.0. The third-order valence-corrected chi connectivity index (χ3v) is 3.70. The van der Waals surface area contributed by atoms with Crippen LogP contribution in [0.1, 0.15) is 11.7 Å². The lowest BCUT2D eigenvalue weighted by Gasteiger charge is -2.14. The van der Waals surface area contributed by atoms with Crippen molar-refractivity contribution in [1.29, 1.82) is 0 Å². The molecule has 2 rings (SSSR count). The summed E-state index contributed by atoms with van der Waals surface area (Å²) in [6.07, 6.45) is -4.41. The van der Waals surface area contributed by atoms with Gasteiger partial charge >= 0.3 is 13.5 Å². The Balaban J connectivity index is 2.23. The van der Waals surface area contributed by atoms with Crippen molar-refractivity contribution in [1.82, 2.24) is 9.55 Å². The number of aliphatic hydroxyl groups excluding tert-OH is 2. The number of aromatic nitrogens is 2. The van der Waals surface area contributed by atoms with Gasteiger partial charge in [-0.3, -0.25) is 14.3 Å². The Hall–Kier alpha value is -1.33. The summed E-state index contributed by atoms with van der Waals surface area (Å²) in [6, 6.07) is 0. The van der Waals surface area contributed by atoms with Crippen LogP contribution >= 0.6 is 7.82 Å². The molecule has 0 bridgehead atoms. The van der Waals surface area contributed by atoms with Gasteiger partial charge in [0.25, 0.3) is 5.56 Å². The van der Waals surface area contributed by atoms with Gasteiger partial charge in [-0.15, -0.1) is 0 Å². The molecule has 124 valence electrons. The van der Waals surface area contributed by atoms with Crippen LogP contribution in [0.4, 0.5) is 0 Å². The van der Waals surface area contributed by atoms with E-state index in [1.807, 2.05) is 4.98 Å². The molecule has 12 heteroatoms. The van der Waals surface area contributed by atoms with Crippen molar-refractivity contribution in [3.63, 3.8) is 0 Å². The van der Waals surface area contributed by atoms with Crippen molar-refractivity contribution in [2.45, 2.75) is 24.4 Å². The van der Waals surface area contributed by atoms with E-state index in [4.69, 9.17) is 14.5 Å². The van der Waals surface area contributed by atoms with E-state index in [0.717, 1.165) is 10.8 Å². The molecule has 1 aromatic rings. The number of nitrogens with one attached hydrogen (secondary N) is 1. The van der Waals surface area contributed by atoms with Crippen LogP contribution in [-0.4, -0.2) is 54.5 Å². The van der Waals surface area contributed by atoms with Crippen molar-refractivity contribution in [2.24, 2.45) is 7.05 Å². The van der Waals surface area contributed by atoms with Crippen LogP contribution in [0.3, 0.4) is 0 Å². The Morgan fingerprint density at radius 3 is 2.59 bits per heavy atom. The highest BCUT2D eigenvalue weighted by atomic mass is 31.2. The zero-order valence-corrected chi connectivity index (χ0v) is 12.2. The molecule has 1 aliphatic heterocycles. The molecule has 0 aliphatic carbocycles. The van der Waals surface area contributed by atoms with Gasteiger partial charge in [0.1, 0.15) is 24.4 Å². The molecule has 22 heavy (non-hydrogen) atoms. The summed E-state index contributed by atoms with van der Waals surface area (Å²) in [7, 11) is -3.40. The topological polar surface area (TPSA) is 171 Å². The molecule has 1 aromatic heterocycles. The minimum Gasteiger partial charge on any atom is -0.387 e. The number of hydrogen-bond acceptors (Lipinski definition) is 7. The van der Waals surface area contributed by atoms with E-state index in [-0.39, 0.29) is 5.56 Å². The van der Waals surface area contributed by atoms with Gasteiger partial charge in [0.2, 0.25) is 0 Å². The van der Waals surface area contributed by atoms with Crippen LogP contribution in [0.2, 0.25) is 0 Å². The maximum Gasteiger partial charge on any atom is 0.469 e. The first-order valence-corrected chi connectivity index (χ1v) is 7.64. The first-order chi connectivity index (χ1) is 10.1. The monoisotopic (exact) mass is 338 g/mol. The average molecular weight is 338 g/mol. The molecule has 5 N–H and O–H groups in total. The summed E-state index contributed by atoms with van der Waals surface area (Å²) in [5, 5.41) is 19.7. The minimum atomic E-state index is -4.77. The van der Waals surface area contributed by atoms with E-state index in [0.29, 0.717) is 0 Å². The van der Waals surface area contributed by atoms with Crippen molar-refractivity contribution in [3.8, 4) is 0 Å². The molecular weight excluding hydrogens is 323 g/mol. The van der Waals surface area contributed by atoms with Gasteiger partial charge in [-0.2, -0.15) is 0 Å². The van der Waals surface area contributed by atoms with E-state index in [1.54, 1.807) is 0 Å². The third kappa shape index (κ3) is 3.52. The van der Waals surface area contributed by atoms with Crippen LogP contribution in [0.15, 0.2) is 15.8 Å². The second kappa shape index (κ2) is 6.05. The molecule has 0 spiro atoms. The van der Waals surface area contributed by atoms with Gasteiger partial charge < -0.3 is 29.3 Å². The predicted octanol–water partition coefficient (Wildman–Crippen LogP) is -2.66. The van der Waals surface area contributed by atoms with Gasteiger partial charge in [-0.05, 0) is 0 Å². The molecule has 0 amide bonds. The van der Waals surface area contributed by atoms with Crippen LogP contribution in [0, 0.1) is 0 Å². The highest BCUT2D eigenvalue weighted by molar-refractivity contribution is 7.46. The Kier molecular flexibility index (Phi) is 4.68. The maximum absolute atomic E-state index is 11.8. The first-order valence-electron chi connectivity index (χ1n) is 6.11. The predicted molar refractivity (Wildman–Crippen MR) is 69.9 cm³/mol. The van der Waals surface area contributed by atoms with Crippen LogP contribution in [0.25, 0.3) is 0 Å². The number of H-pyrrole nitrogens is 1. The number of phosphoric acid groups is 1. The van der Waals surface area contributed by atoms with Crippen molar-refractivity contribution < 1.29 is 33.8 Å². The zero-order valence-electron chi connectivity index (χ0n) is 11.3. The number of nitrogens with zero attached hydrogens (tertiary/aromatic N) is 1. The number of aryl methyl sites for hydroxylation is 1. The summed E-state index contributed by atoms with van der Waals surface area (Å²) >= 11 is 0. The molecule has 1 aliphatic rings. The number of ether oxygens (including phenoxy) is 1. The van der Waals surface area contributed by atoms with Gasteiger partial charge in [-0.25, -0.2) is 9.36 Å². The van der Waals surface area contributed by atoms with E-state index in [1.165, 1.54) is 7.05 Å². The van der Waals surface area contributed by atoms with E-state index in [2.05, 4.69) is 4.52 Å². The van der Waals surface area contributed by atoms with E-state index < -0.39 is 50.1 Å². The second-order valence-corrected chi connectivity index (χ2v) is 6.06. The molecule has 0 unspecified atom stereocenters. The summed E-state index contributed by atoms with van der Waals surface area (Å²) < 4.78 is 21.2. The van der Waals surface area contributed by atoms with Crippen LogP contribution in [-0.2, 0) is 20.9 Å². The SMILES string of the molecule is Cn1cc([C@@H]2O[C@H](COP(=O)(O)O)[C@@H](O)[C@H]2O)c(=O)[nH]c1=O. The third-order valence-electron chi connectivity index (χ3n) is 3.21. The number of hydrogen-bond donors (Lipinski definition) is 5. The van der Waals surface area contributed by atoms with Gasteiger partial charge in [0, 0.05) is 13.2 Å². The van der Waals surface area contributed by atoms with Crippen molar-refractivity contribution >= 4 is 7.82 Å². The second-order valence-electron chi connectivity index (χ2n) is 4.82. The van der Waals surface area contributed by atoms with Gasteiger partial charge in [-0.1, -0.05) is 0 Å². The summed E-state index contributed by atoms with van der Waals surface area (Å²) in [6.45, 7) is -0.678. The molecule has 4 atom stereocenters. The fraction of sp³-hybridized carbons (Fsp3) is 0.600. The summed E-state index contributed by atoms with van der Waals surface area (Å²) in [5.74, 6) is 0. The zero-order chi connectivity index (χ0) is 16.7. The highest BCUT2D eigenvalue weighted by Crippen LogP contribution is 2.38. The molecule has 0 saturated carbocycles. The smallest absolute Gasteiger partial charge is 0.387 e. The standard InChI is InChI=1S/C10H15N2O9P/c1-12-2-4(9(15)11-10(12)16)8-7(14)6(13)5(21-8)3-20-22(17,18)19/h2,5-8,13-14H,3H2,1H3,(H,11,15,16)(H2,17,18,19)/t5-,6-,7-,8+/m1/s1. The highest BCUT2D eigenvalue weighted by Gasteiger charge is 2.45. The number of aromatic amines is 1. The lowest BCUT2D eigenvalue weighted by Crippen LogP contribution is -2.35. The fourth-order valence-electron chi connectivity index (χ4n) is 2.10. The van der Waals surface area contributed by atoms with Crippen molar-refractivity contribution in [3.05, 3.63) is 32.6 Å². The number of phosphoric ester groups is 1. The van der Waals surface area contributed by atoms with Crippen LogP contribution < -0.4 is 11.2 Å². The Morgan fingerprint density at radius 1 is 1.36 bits per heavy atom. The number of aliphatic hydroxyl groups is 2. The quantitative estimate of drug-likeness (QED) is 0.367. The average Bonchev–Trinajstić information content (AvgIpc) is 2.68. The first kappa shape index (κ1) is 17.0. The summed E-state index contributed by atoms with van der Waals surface area (Å²) in [5.41, 5.74) is -1.56. The van der Waals surface area contributed by atoms with Crippen LogP contribution in [0.5, 0.6) is 0 Å². The fourth-order valence-corrected chi connectivity index (χ4v) is 2.44. The Bertz CT molecular complexity index is 707. The molecular formula is C10H15N2O9P. The molecule has 0 radical (unpaired) electrons. The molecule has 1 saturated heterocycles. The Morgan fingerprint density at radius 2 is 2.00 bits per heavy atom. The lowest BCUT2D eigenvalue weighted by molar-refractivity contribution is -0.0229. The van der Waals surface area contributed by atoms with E-state index >= 15 is 0 Å². The van der Waals surface area contributed by atoms with Crippen molar-refractivity contribution in [2.75, 3.05) is 6.61 Å².